The Kier molecular flexibility index (Phi) is 3.92. The molecule has 1 saturated carbocycles. The highest BCUT2D eigenvalue weighted by Gasteiger charge is 2.42. The number of carboxylic acids is 1. The summed E-state index contributed by atoms with van der Waals surface area (Å²) in [5, 5.41) is 9.81. The van der Waals surface area contributed by atoms with E-state index in [0.717, 1.165) is 38.6 Å². The number of para-hydroxylation sites is 1. The number of benzene rings is 1. The molecule has 0 radical (unpaired) electrons. The summed E-state index contributed by atoms with van der Waals surface area (Å²) in [5.41, 5.74) is 2.08. The molecule has 1 aliphatic heterocycles. The quantitative estimate of drug-likeness (QED) is 0.921. The van der Waals surface area contributed by atoms with Gasteiger partial charge in [-0.25, -0.2) is 0 Å². The van der Waals surface area contributed by atoms with Gasteiger partial charge in [0.2, 0.25) is 0 Å². The molecule has 0 saturated heterocycles. The van der Waals surface area contributed by atoms with Crippen molar-refractivity contribution >= 4 is 11.7 Å². The van der Waals surface area contributed by atoms with E-state index in [1.807, 2.05) is 0 Å². The third-order valence-electron chi connectivity index (χ3n) is 5.19. The summed E-state index contributed by atoms with van der Waals surface area (Å²) >= 11 is 0. The Balaban J connectivity index is 1.88. The molecular weight excluding hydrogens is 262 g/mol. The number of anilines is 1. The molecule has 0 amide bonds. The van der Waals surface area contributed by atoms with Crippen LogP contribution in [0.25, 0.3) is 0 Å². The Labute approximate surface area is 127 Å². The van der Waals surface area contributed by atoms with Crippen molar-refractivity contribution in [2.45, 2.75) is 45.4 Å². The molecule has 1 N–H and O–H groups in total. The van der Waals surface area contributed by atoms with Crippen LogP contribution >= 0.6 is 0 Å². The second-order valence-electron chi connectivity index (χ2n) is 6.96. The van der Waals surface area contributed by atoms with Crippen LogP contribution in [0.15, 0.2) is 24.3 Å². The number of nitrogens with zero attached hydrogens (tertiary/aromatic N) is 1. The maximum atomic E-state index is 11.9. The van der Waals surface area contributed by atoms with Crippen molar-refractivity contribution in [2.24, 2.45) is 11.3 Å². The minimum absolute atomic E-state index is 0.539. The molecular formula is C18H25NO2. The molecule has 0 bridgehead atoms. The first-order chi connectivity index (χ1) is 10.1. The number of carboxylic acid groups (broad SMARTS) is 1. The van der Waals surface area contributed by atoms with Gasteiger partial charge >= 0.3 is 5.97 Å². The van der Waals surface area contributed by atoms with E-state index in [0.29, 0.717) is 12.5 Å². The van der Waals surface area contributed by atoms with Gasteiger partial charge in [-0.3, -0.25) is 4.79 Å². The first-order valence-corrected chi connectivity index (χ1v) is 8.17. The second-order valence-corrected chi connectivity index (χ2v) is 6.96. The summed E-state index contributed by atoms with van der Waals surface area (Å²) < 4.78 is 0. The van der Waals surface area contributed by atoms with Crippen molar-refractivity contribution < 1.29 is 9.90 Å². The SMILES string of the molecule is CC1Cc2ccccc2N(CC2(C(=O)O)CCCCC2)C1. The van der Waals surface area contributed by atoms with Gasteiger partial charge in [-0.1, -0.05) is 44.4 Å². The van der Waals surface area contributed by atoms with E-state index < -0.39 is 11.4 Å². The van der Waals surface area contributed by atoms with Crippen molar-refractivity contribution in [3.8, 4) is 0 Å². The van der Waals surface area contributed by atoms with Gasteiger partial charge in [0.25, 0.3) is 0 Å². The molecule has 1 unspecified atom stereocenters. The molecule has 1 heterocycles. The molecule has 3 rings (SSSR count). The number of aliphatic carboxylic acids is 1. The summed E-state index contributed by atoms with van der Waals surface area (Å²) in [4.78, 5) is 14.3. The molecule has 114 valence electrons. The van der Waals surface area contributed by atoms with Crippen LogP contribution in [-0.2, 0) is 11.2 Å². The molecule has 3 heteroatoms. The minimum Gasteiger partial charge on any atom is -0.481 e. The Bertz CT molecular complexity index is 520. The highest BCUT2D eigenvalue weighted by Crippen LogP contribution is 2.40. The van der Waals surface area contributed by atoms with E-state index in [2.05, 4.69) is 36.1 Å². The Morgan fingerprint density at radius 2 is 2.00 bits per heavy atom. The third kappa shape index (κ3) is 2.78. The van der Waals surface area contributed by atoms with Crippen molar-refractivity contribution in [1.29, 1.82) is 0 Å². The van der Waals surface area contributed by atoms with E-state index in [-0.39, 0.29) is 0 Å². The topological polar surface area (TPSA) is 40.5 Å². The molecule has 1 aromatic rings. The molecule has 2 aliphatic rings. The van der Waals surface area contributed by atoms with Crippen molar-refractivity contribution in [3.05, 3.63) is 29.8 Å². The van der Waals surface area contributed by atoms with Gasteiger partial charge in [0.05, 0.1) is 5.41 Å². The summed E-state index contributed by atoms with van der Waals surface area (Å²) in [6, 6.07) is 8.49. The standard InChI is InChI=1S/C18H25NO2/c1-14-11-15-7-3-4-8-16(15)19(12-14)13-18(17(20)21)9-5-2-6-10-18/h3-4,7-8,14H,2,5-6,9-13H2,1H3,(H,20,21). The molecule has 1 fully saturated rings. The molecule has 3 nitrogen and oxygen atoms in total. The highest BCUT2D eigenvalue weighted by atomic mass is 16.4. The Hall–Kier alpha value is -1.51. The van der Waals surface area contributed by atoms with Gasteiger partial charge in [0, 0.05) is 18.8 Å². The highest BCUT2D eigenvalue weighted by molar-refractivity contribution is 5.76. The van der Waals surface area contributed by atoms with Gasteiger partial charge < -0.3 is 10.0 Å². The number of hydrogen-bond donors (Lipinski definition) is 1. The first-order valence-electron chi connectivity index (χ1n) is 8.17. The van der Waals surface area contributed by atoms with Crippen molar-refractivity contribution in [3.63, 3.8) is 0 Å². The zero-order valence-corrected chi connectivity index (χ0v) is 12.8. The fourth-order valence-corrected chi connectivity index (χ4v) is 4.09. The van der Waals surface area contributed by atoms with Gasteiger partial charge in [0.1, 0.15) is 0 Å². The van der Waals surface area contributed by atoms with E-state index >= 15 is 0 Å². The fraction of sp³-hybridized carbons (Fsp3) is 0.611. The fourth-order valence-electron chi connectivity index (χ4n) is 4.09. The predicted molar refractivity (Wildman–Crippen MR) is 84.7 cm³/mol. The lowest BCUT2D eigenvalue weighted by Crippen LogP contribution is -2.47. The van der Waals surface area contributed by atoms with E-state index in [9.17, 15) is 9.90 Å². The predicted octanol–water partition coefficient (Wildman–Crippen LogP) is 3.72. The molecule has 0 spiro atoms. The molecule has 1 atom stereocenters. The molecule has 1 aliphatic carbocycles. The number of fused-ring (bicyclic) bond motifs is 1. The van der Waals surface area contributed by atoms with Crippen LogP contribution in [-0.4, -0.2) is 24.2 Å². The number of rotatable bonds is 3. The lowest BCUT2D eigenvalue weighted by Gasteiger charge is -2.42. The monoisotopic (exact) mass is 287 g/mol. The van der Waals surface area contributed by atoms with Crippen LogP contribution < -0.4 is 4.90 Å². The van der Waals surface area contributed by atoms with E-state index in [1.54, 1.807) is 0 Å². The Morgan fingerprint density at radius 3 is 2.71 bits per heavy atom. The van der Waals surface area contributed by atoms with Gasteiger partial charge in [-0.05, 0) is 36.8 Å². The molecule has 0 aromatic heterocycles. The number of carbonyl (C=O) groups is 1. The zero-order chi connectivity index (χ0) is 14.9. The van der Waals surface area contributed by atoms with Gasteiger partial charge in [-0.2, -0.15) is 0 Å². The van der Waals surface area contributed by atoms with Crippen LogP contribution in [0.5, 0.6) is 0 Å². The maximum Gasteiger partial charge on any atom is 0.311 e. The van der Waals surface area contributed by atoms with E-state index in [4.69, 9.17) is 0 Å². The van der Waals surface area contributed by atoms with Gasteiger partial charge in [-0.15, -0.1) is 0 Å². The van der Waals surface area contributed by atoms with E-state index in [1.165, 1.54) is 17.7 Å². The van der Waals surface area contributed by atoms with Crippen LogP contribution in [0.1, 0.15) is 44.6 Å². The van der Waals surface area contributed by atoms with Crippen LogP contribution in [0, 0.1) is 11.3 Å². The van der Waals surface area contributed by atoms with Crippen molar-refractivity contribution in [1.82, 2.24) is 0 Å². The summed E-state index contributed by atoms with van der Waals surface area (Å²) in [6.45, 7) is 3.91. The number of hydrogen-bond acceptors (Lipinski definition) is 2. The van der Waals surface area contributed by atoms with Crippen LogP contribution in [0.3, 0.4) is 0 Å². The average Bonchev–Trinajstić information content (AvgIpc) is 2.48. The maximum absolute atomic E-state index is 11.9. The molecule has 21 heavy (non-hydrogen) atoms. The lowest BCUT2D eigenvalue weighted by molar-refractivity contribution is -0.150. The minimum atomic E-state index is -0.599. The summed E-state index contributed by atoms with van der Waals surface area (Å²) in [6.07, 6.45) is 6.05. The smallest absolute Gasteiger partial charge is 0.311 e. The Morgan fingerprint density at radius 1 is 1.29 bits per heavy atom. The summed E-state index contributed by atoms with van der Waals surface area (Å²) in [5.74, 6) is -0.00718. The van der Waals surface area contributed by atoms with Crippen LogP contribution in [0.2, 0.25) is 0 Å². The lowest BCUT2D eigenvalue weighted by atomic mass is 9.73. The summed E-state index contributed by atoms with van der Waals surface area (Å²) in [7, 11) is 0. The van der Waals surface area contributed by atoms with Crippen LogP contribution in [0.4, 0.5) is 5.69 Å². The van der Waals surface area contributed by atoms with Gasteiger partial charge in [0.15, 0.2) is 0 Å². The average molecular weight is 287 g/mol. The zero-order valence-electron chi connectivity index (χ0n) is 12.8. The molecule has 1 aromatic carbocycles. The van der Waals surface area contributed by atoms with Crippen molar-refractivity contribution in [2.75, 3.05) is 18.0 Å². The largest absolute Gasteiger partial charge is 0.481 e. The third-order valence-corrected chi connectivity index (χ3v) is 5.19. The normalized spacial score (nSPS) is 24.4. The first kappa shape index (κ1) is 14.4. The second kappa shape index (κ2) is 5.70.